The molecule has 0 spiro atoms. The minimum absolute atomic E-state index is 0.143. The van der Waals surface area contributed by atoms with Crippen molar-refractivity contribution in [3.63, 3.8) is 0 Å². The second kappa shape index (κ2) is 11.9. The molecule has 3 amide bonds. The molecule has 2 aromatic carbocycles. The topological polar surface area (TPSA) is 108 Å². The highest BCUT2D eigenvalue weighted by Gasteiger charge is 2.27. The van der Waals surface area contributed by atoms with Gasteiger partial charge in [0.15, 0.2) is 0 Å². The summed E-state index contributed by atoms with van der Waals surface area (Å²) in [4.78, 5) is 39.0. The van der Waals surface area contributed by atoms with E-state index >= 15 is 0 Å². The van der Waals surface area contributed by atoms with E-state index in [0.29, 0.717) is 13.0 Å². The molecule has 0 fully saturated rings. The summed E-state index contributed by atoms with van der Waals surface area (Å²) in [5, 5.41) is 14.8. The van der Waals surface area contributed by atoms with Gasteiger partial charge in [-0.25, -0.2) is 4.79 Å². The normalized spacial score (nSPS) is 11.9. The van der Waals surface area contributed by atoms with Gasteiger partial charge in [-0.15, -0.1) is 0 Å². The third kappa shape index (κ3) is 9.64. The molecule has 0 aliphatic carbocycles. The number of phenolic OH excluding ortho intramolecular Hbond substituents is 1. The monoisotopic (exact) mass is 455 g/mol. The van der Waals surface area contributed by atoms with Gasteiger partial charge in [-0.3, -0.25) is 9.59 Å². The van der Waals surface area contributed by atoms with Gasteiger partial charge in [-0.05, 0) is 50.5 Å². The third-order valence-corrected chi connectivity index (χ3v) is 4.70. The number of carbonyl (C=O) groups excluding carboxylic acids is 3. The standard InChI is InChI=1S/C25H33N3O5/c1-25(2,3)33-24(32)27-21(16-19-8-6-5-7-9-19)23(31)28(4)17-22(30)26-15-14-18-10-12-20(29)13-11-18/h5-13,21,29H,14-17H2,1-4H3,(H,26,30)(H,27,32). The van der Waals surface area contributed by atoms with E-state index in [4.69, 9.17) is 4.74 Å². The highest BCUT2D eigenvalue weighted by Crippen LogP contribution is 2.11. The summed E-state index contributed by atoms with van der Waals surface area (Å²) in [5.41, 5.74) is 1.15. The van der Waals surface area contributed by atoms with Gasteiger partial charge in [-0.2, -0.15) is 0 Å². The molecule has 0 aliphatic heterocycles. The first-order valence-corrected chi connectivity index (χ1v) is 10.9. The molecule has 3 N–H and O–H groups in total. The molecule has 0 saturated heterocycles. The van der Waals surface area contributed by atoms with Crippen molar-refractivity contribution in [2.75, 3.05) is 20.1 Å². The number of nitrogens with one attached hydrogen (secondary N) is 2. The average molecular weight is 456 g/mol. The van der Waals surface area contributed by atoms with Crippen molar-refractivity contribution in [1.29, 1.82) is 0 Å². The second-order valence-electron chi connectivity index (χ2n) is 8.85. The zero-order valence-electron chi connectivity index (χ0n) is 19.6. The number of hydrogen-bond acceptors (Lipinski definition) is 5. The number of amides is 3. The molecule has 33 heavy (non-hydrogen) atoms. The summed E-state index contributed by atoms with van der Waals surface area (Å²) in [6.07, 6.45) is 0.176. The maximum Gasteiger partial charge on any atom is 0.408 e. The van der Waals surface area contributed by atoms with Crippen LogP contribution in [-0.4, -0.2) is 59.7 Å². The van der Waals surface area contributed by atoms with Gasteiger partial charge in [0.25, 0.3) is 0 Å². The summed E-state index contributed by atoms with van der Waals surface area (Å²) >= 11 is 0. The van der Waals surface area contributed by atoms with Crippen molar-refractivity contribution < 1.29 is 24.2 Å². The summed E-state index contributed by atoms with van der Waals surface area (Å²) in [7, 11) is 1.52. The Morgan fingerprint density at radius 2 is 1.64 bits per heavy atom. The Morgan fingerprint density at radius 1 is 1.00 bits per heavy atom. The molecule has 0 saturated carbocycles. The van der Waals surface area contributed by atoms with Crippen LogP contribution in [0, 0.1) is 0 Å². The molecule has 8 nitrogen and oxygen atoms in total. The Hall–Kier alpha value is -3.55. The van der Waals surface area contributed by atoms with Crippen LogP contribution in [0.1, 0.15) is 31.9 Å². The van der Waals surface area contributed by atoms with Gasteiger partial charge in [0.2, 0.25) is 11.8 Å². The Balaban J connectivity index is 1.94. The Morgan fingerprint density at radius 3 is 2.24 bits per heavy atom. The van der Waals surface area contributed by atoms with Crippen LogP contribution in [-0.2, 0) is 27.2 Å². The molecular formula is C25H33N3O5. The van der Waals surface area contributed by atoms with Crippen molar-refractivity contribution in [2.24, 2.45) is 0 Å². The fourth-order valence-corrected chi connectivity index (χ4v) is 3.12. The van der Waals surface area contributed by atoms with E-state index < -0.39 is 23.6 Å². The minimum Gasteiger partial charge on any atom is -0.508 e. The zero-order valence-corrected chi connectivity index (χ0v) is 19.6. The predicted octanol–water partition coefficient (Wildman–Crippen LogP) is 2.65. The van der Waals surface area contributed by atoms with Gasteiger partial charge in [-0.1, -0.05) is 42.5 Å². The van der Waals surface area contributed by atoms with Crippen LogP contribution in [0.25, 0.3) is 0 Å². The van der Waals surface area contributed by atoms with E-state index in [0.717, 1.165) is 11.1 Å². The number of rotatable bonds is 9. The van der Waals surface area contributed by atoms with Crippen molar-refractivity contribution in [3.8, 4) is 5.75 Å². The van der Waals surface area contributed by atoms with E-state index in [2.05, 4.69) is 10.6 Å². The number of likely N-dealkylation sites (N-methyl/N-ethyl adjacent to an activating group) is 1. The van der Waals surface area contributed by atoms with E-state index in [1.807, 2.05) is 30.3 Å². The fraction of sp³-hybridized carbons (Fsp3) is 0.400. The maximum absolute atomic E-state index is 13.1. The van der Waals surface area contributed by atoms with Crippen molar-refractivity contribution in [3.05, 3.63) is 65.7 Å². The summed E-state index contributed by atoms with van der Waals surface area (Å²) in [6, 6.07) is 15.2. The lowest BCUT2D eigenvalue weighted by Crippen LogP contribution is -2.51. The smallest absolute Gasteiger partial charge is 0.408 e. The first-order chi connectivity index (χ1) is 15.5. The Labute approximate surface area is 194 Å². The van der Waals surface area contributed by atoms with Gasteiger partial charge in [0.1, 0.15) is 17.4 Å². The number of aromatic hydroxyl groups is 1. The summed E-state index contributed by atoms with van der Waals surface area (Å²) in [5.74, 6) is -0.508. The molecule has 2 aromatic rings. The van der Waals surface area contributed by atoms with Gasteiger partial charge in [0, 0.05) is 20.0 Å². The number of ether oxygens (including phenoxy) is 1. The highest BCUT2D eigenvalue weighted by molar-refractivity contribution is 5.89. The third-order valence-electron chi connectivity index (χ3n) is 4.70. The number of carbonyl (C=O) groups is 3. The minimum atomic E-state index is -0.878. The predicted molar refractivity (Wildman–Crippen MR) is 126 cm³/mol. The summed E-state index contributed by atoms with van der Waals surface area (Å²) in [6.45, 7) is 5.49. The van der Waals surface area contributed by atoms with Crippen LogP contribution < -0.4 is 10.6 Å². The molecule has 8 heteroatoms. The Bertz CT molecular complexity index is 923. The van der Waals surface area contributed by atoms with Gasteiger partial charge in [0.05, 0.1) is 6.54 Å². The molecular weight excluding hydrogens is 422 g/mol. The molecule has 0 radical (unpaired) electrons. The quantitative estimate of drug-likeness (QED) is 0.539. The van der Waals surface area contributed by atoms with Crippen LogP contribution >= 0.6 is 0 Å². The summed E-state index contributed by atoms with van der Waals surface area (Å²) < 4.78 is 5.30. The second-order valence-corrected chi connectivity index (χ2v) is 8.85. The lowest BCUT2D eigenvalue weighted by atomic mass is 10.0. The van der Waals surface area contributed by atoms with E-state index in [1.165, 1.54) is 11.9 Å². The average Bonchev–Trinajstić information content (AvgIpc) is 2.73. The maximum atomic E-state index is 13.1. The fourth-order valence-electron chi connectivity index (χ4n) is 3.12. The van der Waals surface area contributed by atoms with Crippen LogP contribution in [0.15, 0.2) is 54.6 Å². The lowest BCUT2D eigenvalue weighted by Gasteiger charge is -2.26. The van der Waals surface area contributed by atoms with Gasteiger partial charge < -0.3 is 25.4 Å². The molecule has 1 atom stereocenters. The van der Waals surface area contributed by atoms with Gasteiger partial charge >= 0.3 is 6.09 Å². The van der Waals surface area contributed by atoms with Crippen LogP contribution in [0.3, 0.4) is 0 Å². The first-order valence-electron chi connectivity index (χ1n) is 10.9. The molecule has 0 aliphatic rings. The number of hydrogen-bond donors (Lipinski definition) is 3. The number of benzene rings is 2. The number of phenols is 1. The first kappa shape index (κ1) is 25.7. The van der Waals surface area contributed by atoms with Crippen molar-refractivity contribution in [2.45, 2.75) is 45.3 Å². The molecule has 2 rings (SSSR count). The molecule has 178 valence electrons. The largest absolute Gasteiger partial charge is 0.508 e. The van der Waals surface area contributed by atoms with Crippen molar-refractivity contribution >= 4 is 17.9 Å². The van der Waals surface area contributed by atoms with E-state index in [1.54, 1.807) is 45.0 Å². The molecule has 0 bridgehead atoms. The molecule has 1 unspecified atom stereocenters. The van der Waals surface area contributed by atoms with Crippen LogP contribution in [0.4, 0.5) is 4.79 Å². The Kier molecular flexibility index (Phi) is 9.27. The SMILES string of the molecule is CN(CC(=O)NCCc1ccc(O)cc1)C(=O)C(Cc1ccccc1)NC(=O)OC(C)(C)C. The lowest BCUT2D eigenvalue weighted by molar-refractivity contribution is -0.136. The van der Waals surface area contributed by atoms with Crippen LogP contribution in [0.5, 0.6) is 5.75 Å². The number of alkyl carbamates (subject to hydrolysis) is 1. The highest BCUT2D eigenvalue weighted by atomic mass is 16.6. The zero-order chi connectivity index (χ0) is 24.4. The van der Waals surface area contributed by atoms with Crippen LogP contribution in [0.2, 0.25) is 0 Å². The molecule has 0 aromatic heterocycles. The van der Waals surface area contributed by atoms with Crippen molar-refractivity contribution in [1.82, 2.24) is 15.5 Å². The van der Waals surface area contributed by atoms with E-state index in [9.17, 15) is 19.5 Å². The number of nitrogens with zero attached hydrogens (tertiary/aromatic N) is 1. The molecule has 0 heterocycles. The van der Waals surface area contributed by atoms with E-state index in [-0.39, 0.29) is 24.6 Å².